The maximum Gasteiger partial charge on any atom is 0.149 e. The van der Waals surface area contributed by atoms with Gasteiger partial charge in [-0.3, -0.25) is 0 Å². The van der Waals surface area contributed by atoms with Crippen LogP contribution in [0.3, 0.4) is 0 Å². The van der Waals surface area contributed by atoms with E-state index in [1.807, 2.05) is 6.07 Å². The summed E-state index contributed by atoms with van der Waals surface area (Å²) in [4.78, 5) is 0. The summed E-state index contributed by atoms with van der Waals surface area (Å²) in [6.07, 6.45) is 0. The van der Waals surface area contributed by atoms with Crippen LogP contribution in [0.15, 0.2) is 36.4 Å². The molecule has 0 aliphatic carbocycles. The van der Waals surface area contributed by atoms with Crippen LogP contribution in [-0.4, -0.2) is 0 Å². The summed E-state index contributed by atoms with van der Waals surface area (Å²) in [6.45, 7) is 0. The normalized spacial score (nSPS) is 9.83. The van der Waals surface area contributed by atoms with Crippen LogP contribution < -0.4 is 11.1 Å². The summed E-state index contributed by atoms with van der Waals surface area (Å²) in [5, 5.41) is 11.5. The summed E-state index contributed by atoms with van der Waals surface area (Å²) < 4.78 is 26.9. The predicted octanol–water partition coefficient (Wildman–Crippen LogP) is 3.16. The molecule has 0 saturated heterocycles. The van der Waals surface area contributed by atoms with E-state index in [0.29, 0.717) is 11.4 Å². The van der Waals surface area contributed by atoms with Crippen molar-refractivity contribution < 1.29 is 8.78 Å². The second-order valence-electron chi connectivity index (χ2n) is 3.64. The Hall–Kier alpha value is -2.61. The lowest BCUT2D eigenvalue weighted by molar-refractivity contribution is 0.591. The number of rotatable bonds is 2. The molecule has 3 nitrogen and oxygen atoms in total. The summed E-state index contributed by atoms with van der Waals surface area (Å²) in [7, 11) is 0. The molecule has 5 heteroatoms. The Kier molecular flexibility index (Phi) is 3.11. The largest absolute Gasteiger partial charge is 0.399 e. The number of nitrogen functional groups attached to an aromatic ring is 1. The maximum atomic E-state index is 13.4. The van der Waals surface area contributed by atoms with Gasteiger partial charge >= 0.3 is 0 Å². The smallest absolute Gasteiger partial charge is 0.149 e. The van der Waals surface area contributed by atoms with Crippen LogP contribution in [0.2, 0.25) is 0 Å². The maximum absolute atomic E-state index is 13.4. The molecule has 0 spiro atoms. The first-order valence-corrected chi connectivity index (χ1v) is 5.12. The molecule has 0 fully saturated rings. The second kappa shape index (κ2) is 4.72. The van der Waals surface area contributed by atoms with Crippen LogP contribution in [0.5, 0.6) is 0 Å². The van der Waals surface area contributed by atoms with Crippen molar-refractivity contribution in [2.24, 2.45) is 0 Å². The van der Waals surface area contributed by atoms with Crippen molar-refractivity contribution in [3.05, 3.63) is 53.6 Å². The van der Waals surface area contributed by atoms with Crippen LogP contribution in [0, 0.1) is 23.0 Å². The van der Waals surface area contributed by atoms with Gasteiger partial charge in [0.25, 0.3) is 0 Å². The molecule has 2 aromatic rings. The lowest BCUT2D eigenvalue weighted by atomic mass is 10.1. The molecular formula is C13H9F2N3. The van der Waals surface area contributed by atoms with Crippen molar-refractivity contribution in [1.82, 2.24) is 0 Å². The molecule has 0 aliphatic heterocycles. The van der Waals surface area contributed by atoms with E-state index < -0.39 is 11.6 Å². The van der Waals surface area contributed by atoms with Gasteiger partial charge in [-0.1, -0.05) is 6.07 Å². The number of benzene rings is 2. The number of nitrogens with zero attached hydrogens (tertiary/aromatic N) is 1. The van der Waals surface area contributed by atoms with Gasteiger partial charge in [-0.05, 0) is 30.3 Å². The molecule has 3 N–H and O–H groups in total. The van der Waals surface area contributed by atoms with Crippen molar-refractivity contribution in [1.29, 1.82) is 5.26 Å². The number of nitriles is 1. The third kappa shape index (κ3) is 2.23. The molecule has 2 aromatic carbocycles. The number of anilines is 3. The minimum absolute atomic E-state index is 0.220. The topological polar surface area (TPSA) is 61.8 Å². The first kappa shape index (κ1) is 11.9. The van der Waals surface area contributed by atoms with Gasteiger partial charge in [0.1, 0.15) is 23.4 Å². The summed E-state index contributed by atoms with van der Waals surface area (Å²) >= 11 is 0. The fraction of sp³-hybridized carbons (Fsp3) is 0. The predicted molar refractivity (Wildman–Crippen MR) is 65.2 cm³/mol. The summed E-state index contributed by atoms with van der Waals surface area (Å²) in [5.41, 5.74) is 6.17. The zero-order chi connectivity index (χ0) is 13.1. The van der Waals surface area contributed by atoms with Crippen LogP contribution >= 0.6 is 0 Å². The first-order valence-electron chi connectivity index (χ1n) is 5.12. The summed E-state index contributed by atoms with van der Waals surface area (Å²) in [5.74, 6) is -1.45. The van der Waals surface area contributed by atoms with Crippen LogP contribution in [0.4, 0.5) is 25.8 Å². The molecule has 0 heterocycles. The lowest BCUT2D eigenvalue weighted by Gasteiger charge is -2.10. The average Bonchev–Trinajstić information content (AvgIpc) is 2.35. The Morgan fingerprint density at radius 2 is 1.78 bits per heavy atom. The number of nitrogens with one attached hydrogen (secondary N) is 1. The highest BCUT2D eigenvalue weighted by molar-refractivity contribution is 5.69. The monoisotopic (exact) mass is 245 g/mol. The van der Waals surface area contributed by atoms with E-state index in [4.69, 9.17) is 11.0 Å². The molecule has 0 atom stereocenters. The van der Waals surface area contributed by atoms with Crippen LogP contribution in [0.25, 0.3) is 0 Å². The van der Waals surface area contributed by atoms with E-state index in [-0.39, 0.29) is 11.3 Å². The van der Waals surface area contributed by atoms with E-state index in [1.165, 1.54) is 18.2 Å². The van der Waals surface area contributed by atoms with Gasteiger partial charge in [0.2, 0.25) is 0 Å². The van der Waals surface area contributed by atoms with Crippen molar-refractivity contribution in [2.45, 2.75) is 0 Å². The molecule has 0 radical (unpaired) electrons. The Morgan fingerprint density at radius 1 is 1.11 bits per heavy atom. The Bertz CT molecular complexity index is 612. The lowest BCUT2D eigenvalue weighted by Crippen LogP contribution is -2.00. The van der Waals surface area contributed by atoms with Gasteiger partial charge in [-0.25, -0.2) is 8.78 Å². The fourth-order valence-electron chi connectivity index (χ4n) is 1.52. The molecule has 18 heavy (non-hydrogen) atoms. The van der Waals surface area contributed by atoms with Crippen LogP contribution in [0.1, 0.15) is 5.56 Å². The van der Waals surface area contributed by atoms with Crippen LogP contribution in [-0.2, 0) is 0 Å². The van der Waals surface area contributed by atoms with Crippen molar-refractivity contribution in [2.75, 3.05) is 11.1 Å². The van der Waals surface area contributed by atoms with Crippen molar-refractivity contribution >= 4 is 17.1 Å². The molecule has 0 amide bonds. The minimum atomic E-state index is -0.726. The average molecular weight is 245 g/mol. The van der Waals surface area contributed by atoms with Gasteiger partial charge < -0.3 is 11.1 Å². The van der Waals surface area contributed by atoms with E-state index >= 15 is 0 Å². The Balaban J connectivity index is 2.44. The van der Waals surface area contributed by atoms with Gasteiger partial charge in [0.05, 0.1) is 11.3 Å². The number of halogens is 2. The molecule has 90 valence electrons. The SMILES string of the molecule is N#Cc1cc(N)ccc1Nc1c(F)cccc1F. The molecule has 2 rings (SSSR count). The van der Waals surface area contributed by atoms with Gasteiger partial charge in [0, 0.05) is 5.69 Å². The minimum Gasteiger partial charge on any atom is -0.399 e. The van der Waals surface area contributed by atoms with Crippen molar-refractivity contribution in [3.8, 4) is 6.07 Å². The van der Waals surface area contributed by atoms with Gasteiger partial charge in [0.15, 0.2) is 0 Å². The quantitative estimate of drug-likeness (QED) is 0.799. The molecule has 0 aromatic heterocycles. The highest BCUT2D eigenvalue weighted by Crippen LogP contribution is 2.26. The highest BCUT2D eigenvalue weighted by atomic mass is 19.1. The van der Waals surface area contributed by atoms with Gasteiger partial charge in [-0.15, -0.1) is 0 Å². The van der Waals surface area contributed by atoms with E-state index in [1.54, 1.807) is 6.07 Å². The third-order valence-corrected chi connectivity index (χ3v) is 2.39. The molecule has 0 saturated carbocycles. The molecule has 0 bridgehead atoms. The number of hydrogen-bond acceptors (Lipinski definition) is 3. The van der Waals surface area contributed by atoms with Gasteiger partial charge in [-0.2, -0.15) is 5.26 Å². The number of para-hydroxylation sites is 1. The summed E-state index contributed by atoms with van der Waals surface area (Å²) in [6, 6.07) is 9.92. The molecule has 0 aliphatic rings. The zero-order valence-electron chi connectivity index (χ0n) is 9.24. The van der Waals surface area contributed by atoms with E-state index in [2.05, 4.69) is 5.32 Å². The zero-order valence-corrected chi connectivity index (χ0v) is 9.24. The molecule has 0 unspecified atom stereocenters. The van der Waals surface area contributed by atoms with Crippen molar-refractivity contribution in [3.63, 3.8) is 0 Å². The second-order valence-corrected chi connectivity index (χ2v) is 3.64. The first-order chi connectivity index (χ1) is 8.61. The fourth-order valence-corrected chi connectivity index (χ4v) is 1.52. The Labute approximate surface area is 102 Å². The standard InChI is InChI=1S/C13H9F2N3/c14-10-2-1-3-11(15)13(10)18-12-5-4-9(17)6-8(12)7-16/h1-6,18H,17H2. The third-order valence-electron chi connectivity index (χ3n) is 2.39. The molecular weight excluding hydrogens is 236 g/mol. The Morgan fingerprint density at radius 3 is 2.39 bits per heavy atom. The van der Waals surface area contributed by atoms with E-state index in [9.17, 15) is 8.78 Å². The number of hydrogen-bond donors (Lipinski definition) is 2. The highest BCUT2D eigenvalue weighted by Gasteiger charge is 2.10. The van der Waals surface area contributed by atoms with E-state index in [0.717, 1.165) is 12.1 Å². The number of nitrogens with two attached hydrogens (primary N) is 1.